The fraction of sp³-hybridized carbons (Fsp3) is 0.579. The molecule has 3 nitrogen and oxygen atoms in total. The smallest absolute Gasteiger partial charge is 0.207 e. The van der Waals surface area contributed by atoms with Gasteiger partial charge in [0.25, 0.3) is 0 Å². The summed E-state index contributed by atoms with van der Waals surface area (Å²) in [7, 11) is -3.30. The average molecular weight is 331 g/mol. The third-order valence-corrected chi connectivity index (χ3v) is 7.90. The summed E-state index contributed by atoms with van der Waals surface area (Å²) in [6.07, 6.45) is 10.3. The average Bonchev–Trinajstić information content (AvgIpc) is 2.60. The van der Waals surface area contributed by atoms with E-state index in [-0.39, 0.29) is 6.04 Å². The van der Waals surface area contributed by atoms with Gasteiger partial charge < -0.3 is 0 Å². The summed E-state index contributed by atoms with van der Waals surface area (Å²) in [4.78, 5) is 0.627. The lowest BCUT2D eigenvalue weighted by atomic mass is 9.79. The van der Waals surface area contributed by atoms with E-state index in [0.29, 0.717) is 23.8 Å². The number of allylic oxidation sites excluding steroid dienone is 1. The van der Waals surface area contributed by atoms with Gasteiger partial charge in [0.1, 0.15) is 0 Å². The standard InChI is InChI=1S/C19H25NO2S/c21-23(22,18-12-11-15-6-1-2-8-17(15)14-18)20-13-5-9-16-7-3-4-10-19(16)20/h1-2,6,8,14,16,19H,3-5,7,9-13H2. The maximum atomic E-state index is 13.3. The highest BCUT2D eigenvalue weighted by molar-refractivity contribution is 7.93. The van der Waals surface area contributed by atoms with Crippen molar-refractivity contribution in [3.05, 3.63) is 40.3 Å². The predicted molar refractivity (Wildman–Crippen MR) is 93.3 cm³/mol. The summed E-state index contributed by atoms with van der Waals surface area (Å²) in [6.45, 7) is 0.711. The molecule has 0 bridgehead atoms. The predicted octanol–water partition coefficient (Wildman–Crippen LogP) is 3.96. The van der Waals surface area contributed by atoms with Gasteiger partial charge in [-0.15, -0.1) is 0 Å². The first-order valence-corrected chi connectivity index (χ1v) is 10.4. The van der Waals surface area contributed by atoms with Crippen molar-refractivity contribution in [2.75, 3.05) is 6.54 Å². The Bertz CT molecular complexity index is 721. The lowest BCUT2D eigenvalue weighted by Crippen LogP contribution is -2.49. The van der Waals surface area contributed by atoms with Crippen LogP contribution in [0.25, 0.3) is 6.08 Å². The highest BCUT2D eigenvalue weighted by Crippen LogP contribution is 2.39. The first kappa shape index (κ1) is 15.4. The Morgan fingerprint density at radius 2 is 1.74 bits per heavy atom. The van der Waals surface area contributed by atoms with Crippen LogP contribution in [0.2, 0.25) is 0 Å². The minimum atomic E-state index is -3.30. The molecule has 0 radical (unpaired) electrons. The Morgan fingerprint density at radius 3 is 2.65 bits per heavy atom. The van der Waals surface area contributed by atoms with Crippen molar-refractivity contribution in [1.82, 2.24) is 4.31 Å². The lowest BCUT2D eigenvalue weighted by molar-refractivity contribution is 0.130. The van der Waals surface area contributed by atoms with E-state index in [0.717, 1.165) is 24.8 Å². The molecule has 1 aliphatic heterocycles. The van der Waals surface area contributed by atoms with Crippen LogP contribution in [0, 0.1) is 5.92 Å². The normalized spacial score (nSPS) is 28.6. The molecule has 2 atom stereocenters. The van der Waals surface area contributed by atoms with Gasteiger partial charge in [-0.25, -0.2) is 8.42 Å². The quantitative estimate of drug-likeness (QED) is 0.822. The van der Waals surface area contributed by atoms with E-state index in [2.05, 4.69) is 6.07 Å². The van der Waals surface area contributed by atoms with Crippen molar-refractivity contribution >= 4 is 16.1 Å². The molecule has 0 spiro atoms. The second kappa shape index (κ2) is 6.06. The molecular weight excluding hydrogens is 306 g/mol. The highest BCUT2D eigenvalue weighted by Gasteiger charge is 2.40. The number of hydrogen-bond donors (Lipinski definition) is 0. The minimum Gasteiger partial charge on any atom is -0.207 e. The van der Waals surface area contributed by atoms with Gasteiger partial charge in [-0.05, 0) is 61.6 Å². The monoisotopic (exact) mass is 331 g/mol. The van der Waals surface area contributed by atoms with E-state index < -0.39 is 10.0 Å². The zero-order valence-corrected chi connectivity index (χ0v) is 14.4. The molecule has 4 rings (SSSR count). The van der Waals surface area contributed by atoms with Crippen LogP contribution in [0.3, 0.4) is 0 Å². The molecule has 2 aliphatic carbocycles. The number of benzene rings is 1. The minimum absolute atomic E-state index is 0.251. The van der Waals surface area contributed by atoms with E-state index >= 15 is 0 Å². The lowest BCUT2D eigenvalue weighted by Gasteiger charge is -2.43. The Kier molecular flexibility index (Phi) is 4.06. The van der Waals surface area contributed by atoms with Gasteiger partial charge in [-0.3, -0.25) is 0 Å². The molecule has 1 saturated heterocycles. The summed E-state index contributed by atoms with van der Waals surface area (Å²) in [5.74, 6) is 0.587. The maximum Gasteiger partial charge on any atom is 0.239 e. The Hall–Kier alpha value is -1.13. The second-order valence-electron chi connectivity index (χ2n) is 7.18. The number of fused-ring (bicyclic) bond motifs is 2. The molecule has 2 unspecified atom stereocenters. The Labute approximate surface area is 139 Å². The Morgan fingerprint density at radius 1 is 0.957 bits per heavy atom. The van der Waals surface area contributed by atoms with Crippen LogP contribution in [0.4, 0.5) is 0 Å². The van der Waals surface area contributed by atoms with E-state index in [1.54, 1.807) is 0 Å². The topological polar surface area (TPSA) is 37.4 Å². The number of nitrogens with zero attached hydrogens (tertiary/aromatic N) is 1. The van der Waals surface area contributed by atoms with Crippen LogP contribution in [0.5, 0.6) is 0 Å². The summed E-state index contributed by atoms with van der Waals surface area (Å²) in [5, 5.41) is 0. The van der Waals surface area contributed by atoms with Gasteiger partial charge in [0.2, 0.25) is 10.0 Å². The van der Waals surface area contributed by atoms with Crippen molar-refractivity contribution in [1.29, 1.82) is 0 Å². The van der Waals surface area contributed by atoms with Crippen molar-refractivity contribution in [2.45, 2.75) is 57.4 Å². The van der Waals surface area contributed by atoms with Crippen molar-refractivity contribution < 1.29 is 8.42 Å². The molecule has 1 aromatic rings. The fourth-order valence-electron chi connectivity index (χ4n) is 4.64. The highest BCUT2D eigenvalue weighted by atomic mass is 32.2. The summed E-state index contributed by atoms with van der Waals surface area (Å²) < 4.78 is 28.4. The molecule has 0 aromatic heterocycles. The third-order valence-electron chi connectivity index (χ3n) is 5.84. The SMILES string of the molecule is O=S(=O)(C1=Cc2ccccc2CC1)N1CCCC2CCCCC21. The molecule has 23 heavy (non-hydrogen) atoms. The van der Waals surface area contributed by atoms with Crippen LogP contribution in [-0.4, -0.2) is 25.3 Å². The van der Waals surface area contributed by atoms with Gasteiger partial charge in [-0.2, -0.15) is 4.31 Å². The van der Waals surface area contributed by atoms with E-state index in [1.807, 2.05) is 28.6 Å². The molecule has 2 fully saturated rings. The molecule has 0 amide bonds. The molecule has 1 aromatic carbocycles. The van der Waals surface area contributed by atoms with Gasteiger partial charge in [-0.1, -0.05) is 37.1 Å². The largest absolute Gasteiger partial charge is 0.239 e. The van der Waals surface area contributed by atoms with Crippen LogP contribution >= 0.6 is 0 Å². The van der Waals surface area contributed by atoms with Crippen LogP contribution < -0.4 is 0 Å². The fourth-order valence-corrected chi connectivity index (χ4v) is 6.58. The number of piperidine rings is 1. The maximum absolute atomic E-state index is 13.3. The first-order chi connectivity index (χ1) is 11.2. The van der Waals surface area contributed by atoms with Gasteiger partial charge >= 0.3 is 0 Å². The number of aryl methyl sites for hydroxylation is 1. The zero-order chi connectivity index (χ0) is 15.9. The number of rotatable bonds is 2. The molecule has 3 aliphatic rings. The third kappa shape index (κ3) is 2.76. The first-order valence-electron chi connectivity index (χ1n) is 8.96. The van der Waals surface area contributed by atoms with Gasteiger partial charge in [0.15, 0.2) is 0 Å². The van der Waals surface area contributed by atoms with E-state index in [4.69, 9.17) is 0 Å². The van der Waals surface area contributed by atoms with Crippen LogP contribution in [-0.2, 0) is 16.4 Å². The van der Waals surface area contributed by atoms with Gasteiger partial charge in [0, 0.05) is 12.6 Å². The molecule has 1 saturated carbocycles. The van der Waals surface area contributed by atoms with Crippen LogP contribution in [0.1, 0.15) is 56.1 Å². The van der Waals surface area contributed by atoms with E-state index in [1.165, 1.54) is 31.2 Å². The summed E-state index contributed by atoms with van der Waals surface area (Å²) in [6, 6.07) is 8.41. The number of sulfonamides is 1. The van der Waals surface area contributed by atoms with Crippen molar-refractivity contribution in [3.8, 4) is 0 Å². The molecule has 124 valence electrons. The van der Waals surface area contributed by atoms with Crippen molar-refractivity contribution in [2.24, 2.45) is 5.92 Å². The molecular formula is C19H25NO2S. The molecule has 0 N–H and O–H groups in total. The van der Waals surface area contributed by atoms with E-state index in [9.17, 15) is 8.42 Å². The summed E-state index contributed by atoms with van der Waals surface area (Å²) >= 11 is 0. The van der Waals surface area contributed by atoms with Crippen LogP contribution in [0.15, 0.2) is 29.2 Å². The van der Waals surface area contributed by atoms with Crippen molar-refractivity contribution in [3.63, 3.8) is 0 Å². The number of hydrogen-bond acceptors (Lipinski definition) is 2. The Balaban J connectivity index is 1.66. The molecule has 1 heterocycles. The summed E-state index contributed by atoms with van der Waals surface area (Å²) in [5.41, 5.74) is 2.34. The second-order valence-corrected chi connectivity index (χ2v) is 9.12. The zero-order valence-electron chi connectivity index (χ0n) is 13.6. The van der Waals surface area contributed by atoms with Gasteiger partial charge in [0.05, 0.1) is 4.91 Å². The molecule has 4 heteroatoms.